The van der Waals surface area contributed by atoms with E-state index in [0.717, 1.165) is 31.2 Å². The van der Waals surface area contributed by atoms with E-state index in [4.69, 9.17) is 4.74 Å². The SMILES string of the molecule is COc1cc(CN(C)CN2C(=O)NC3(CCCCCC3)C2=O)ccc1OC(F)F. The molecule has 1 spiro atoms. The Morgan fingerprint density at radius 3 is 2.48 bits per heavy atom. The van der Waals surface area contributed by atoms with Gasteiger partial charge in [-0.1, -0.05) is 31.7 Å². The minimum absolute atomic E-state index is 0.0432. The van der Waals surface area contributed by atoms with E-state index in [1.54, 1.807) is 19.2 Å². The van der Waals surface area contributed by atoms with Crippen LogP contribution in [0.5, 0.6) is 11.5 Å². The largest absolute Gasteiger partial charge is 0.493 e. The molecule has 0 unspecified atom stereocenters. The zero-order valence-corrected chi connectivity index (χ0v) is 16.7. The maximum absolute atomic E-state index is 13.0. The van der Waals surface area contributed by atoms with Crippen LogP contribution in [-0.4, -0.2) is 54.7 Å². The van der Waals surface area contributed by atoms with Gasteiger partial charge in [-0.05, 0) is 37.6 Å². The highest BCUT2D eigenvalue weighted by atomic mass is 19.3. The third kappa shape index (κ3) is 4.77. The van der Waals surface area contributed by atoms with Gasteiger partial charge in [-0.25, -0.2) is 9.69 Å². The molecule has 1 N–H and O–H groups in total. The van der Waals surface area contributed by atoms with E-state index in [0.29, 0.717) is 19.4 Å². The molecule has 160 valence electrons. The topological polar surface area (TPSA) is 71.1 Å². The van der Waals surface area contributed by atoms with Crippen LogP contribution < -0.4 is 14.8 Å². The Bertz CT molecular complexity index is 751. The summed E-state index contributed by atoms with van der Waals surface area (Å²) >= 11 is 0. The van der Waals surface area contributed by atoms with Gasteiger partial charge in [0.15, 0.2) is 11.5 Å². The Balaban J connectivity index is 1.65. The third-order valence-corrected chi connectivity index (χ3v) is 5.48. The number of imide groups is 1. The molecular weight excluding hydrogens is 384 g/mol. The van der Waals surface area contributed by atoms with Gasteiger partial charge in [-0.3, -0.25) is 9.69 Å². The number of carbonyl (C=O) groups is 2. The van der Waals surface area contributed by atoms with Crippen molar-refractivity contribution in [3.8, 4) is 11.5 Å². The molecule has 29 heavy (non-hydrogen) atoms. The van der Waals surface area contributed by atoms with Gasteiger partial charge in [-0.2, -0.15) is 8.78 Å². The van der Waals surface area contributed by atoms with E-state index >= 15 is 0 Å². The van der Waals surface area contributed by atoms with Gasteiger partial charge in [-0.15, -0.1) is 0 Å². The van der Waals surface area contributed by atoms with Crippen LogP contribution in [0.2, 0.25) is 0 Å². The lowest BCUT2D eigenvalue weighted by Crippen LogP contribution is -2.47. The van der Waals surface area contributed by atoms with Crippen molar-refractivity contribution in [2.24, 2.45) is 0 Å². The van der Waals surface area contributed by atoms with Crippen LogP contribution in [0.15, 0.2) is 18.2 Å². The number of nitrogens with zero attached hydrogens (tertiary/aromatic N) is 2. The fraction of sp³-hybridized carbons (Fsp3) is 0.600. The molecule has 0 atom stereocenters. The number of halogens is 2. The zero-order chi connectivity index (χ0) is 21.0. The highest BCUT2D eigenvalue weighted by Crippen LogP contribution is 2.33. The van der Waals surface area contributed by atoms with Crippen LogP contribution in [0, 0.1) is 0 Å². The predicted octanol–water partition coefficient (Wildman–Crippen LogP) is 3.33. The minimum atomic E-state index is -2.94. The molecule has 2 fully saturated rings. The van der Waals surface area contributed by atoms with Crippen molar-refractivity contribution in [3.63, 3.8) is 0 Å². The molecule has 1 aromatic carbocycles. The summed E-state index contributed by atoms with van der Waals surface area (Å²) in [6, 6.07) is 4.31. The number of ether oxygens (including phenoxy) is 2. The summed E-state index contributed by atoms with van der Waals surface area (Å²) in [5.41, 5.74) is 0.0218. The second-order valence-electron chi connectivity index (χ2n) is 7.68. The van der Waals surface area contributed by atoms with Crippen molar-refractivity contribution in [3.05, 3.63) is 23.8 Å². The number of carbonyl (C=O) groups excluding carboxylic acids is 2. The smallest absolute Gasteiger partial charge is 0.387 e. The lowest BCUT2D eigenvalue weighted by Gasteiger charge is -2.26. The van der Waals surface area contributed by atoms with Gasteiger partial charge in [0.2, 0.25) is 0 Å². The van der Waals surface area contributed by atoms with Crippen molar-refractivity contribution in [2.75, 3.05) is 20.8 Å². The molecule has 3 amide bonds. The van der Waals surface area contributed by atoms with Crippen LogP contribution in [0.1, 0.15) is 44.1 Å². The molecular formula is C20H27F2N3O4. The average molecular weight is 411 g/mol. The van der Waals surface area contributed by atoms with Crippen molar-refractivity contribution < 1.29 is 27.8 Å². The number of nitrogens with one attached hydrogen (secondary N) is 1. The van der Waals surface area contributed by atoms with Crippen molar-refractivity contribution in [1.29, 1.82) is 0 Å². The monoisotopic (exact) mass is 411 g/mol. The molecule has 1 aromatic rings. The fourth-order valence-corrected chi connectivity index (χ4v) is 4.08. The number of amides is 3. The van der Waals surface area contributed by atoms with E-state index in [-0.39, 0.29) is 30.1 Å². The molecule has 1 aliphatic carbocycles. The molecule has 2 aliphatic rings. The van der Waals surface area contributed by atoms with Gasteiger partial charge in [0.1, 0.15) is 5.54 Å². The molecule has 0 aromatic heterocycles. The van der Waals surface area contributed by atoms with E-state index < -0.39 is 12.2 Å². The molecule has 7 nitrogen and oxygen atoms in total. The van der Waals surface area contributed by atoms with Crippen LogP contribution in [-0.2, 0) is 11.3 Å². The average Bonchev–Trinajstić information content (AvgIpc) is 2.83. The molecule has 1 aliphatic heterocycles. The molecule has 1 saturated heterocycles. The van der Waals surface area contributed by atoms with Gasteiger partial charge >= 0.3 is 12.6 Å². The standard InChI is InChI=1S/C20H27F2N3O4/c1-24(12-14-7-8-15(29-18(21)22)16(11-14)28-2)13-25-17(26)20(23-19(25)27)9-5-3-4-6-10-20/h7-8,11,18H,3-6,9-10,12-13H2,1-2H3,(H,23,27). The number of methoxy groups -OCH3 is 1. The van der Waals surface area contributed by atoms with Gasteiger partial charge in [0, 0.05) is 6.54 Å². The third-order valence-electron chi connectivity index (χ3n) is 5.48. The summed E-state index contributed by atoms with van der Waals surface area (Å²) < 4.78 is 34.5. The summed E-state index contributed by atoms with van der Waals surface area (Å²) in [7, 11) is 3.16. The summed E-state index contributed by atoms with van der Waals surface area (Å²) in [5.74, 6) is -0.00332. The van der Waals surface area contributed by atoms with Crippen molar-refractivity contribution in [2.45, 2.75) is 57.2 Å². The second-order valence-corrected chi connectivity index (χ2v) is 7.68. The molecule has 9 heteroatoms. The first kappa shape index (κ1) is 21.3. The van der Waals surface area contributed by atoms with E-state index in [9.17, 15) is 18.4 Å². The summed E-state index contributed by atoms with van der Waals surface area (Å²) in [6.07, 6.45) is 5.39. The van der Waals surface area contributed by atoms with Gasteiger partial charge < -0.3 is 14.8 Å². The number of urea groups is 1. The van der Waals surface area contributed by atoms with E-state index in [2.05, 4.69) is 10.1 Å². The fourth-order valence-electron chi connectivity index (χ4n) is 4.08. The quantitative estimate of drug-likeness (QED) is 0.697. The summed E-state index contributed by atoms with van der Waals surface area (Å²) in [4.78, 5) is 28.5. The Hall–Kier alpha value is -2.42. The number of hydrogen-bond donors (Lipinski definition) is 1. The van der Waals surface area contributed by atoms with Crippen LogP contribution in [0.25, 0.3) is 0 Å². The molecule has 0 radical (unpaired) electrons. The highest BCUT2D eigenvalue weighted by molar-refractivity contribution is 6.07. The minimum Gasteiger partial charge on any atom is -0.493 e. The summed E-state index contributed by atoms with van der Waals surface area (Å²) in [6.45, 7) is -2.40. The molecule has 3 rings (SSSR count). The first-order valence-corrected chi connectivity index (χ1v) is 9.79. The first-order valence-electron chi connectivity index (χ1n) is 9.79. The predicted molar refractivity (Wildman–Crippen MR) is 102 cm³/mol. The van der Waals surface area contributed by atoms with Gasteiger partial charge in [0.25, 0.3) is 5.91 Å². The Morgan fingerprint density at radius 1 is 1.17 bits per heavy atom. The number of benzene rings is 1. The zero-order valence-electron chi connectivity index (χ0n) is 16.7. The lowest BCUT2D eigenvalue weighted by atomic mass is 9.90. The molecule has 1 saturated carbocycles. The maximum atomic E-state index is 13.0. The van der Waals surface area contributed by atoms with Crippen LogP contribution in [0.4, 0.5) is 13.6 Å². The second kappa shape index (κ2) is 8.94. The van der Waals surface area contributed by atoms with Gasteiger partial charge in [0.05, 0.1) is 13.8 Å². The Kier molecular flexibility index (Phi) is 6.56. The normalized spacial score (nSPS) is 19.0. The molecule has 0 bridgehead atoms. The summed E-state index contributed by atoms with van der Waals surface area (Å²) in [5, 5.41) is 2.93. The first-order chi connectivity index (χ1) is 13.8. The van der Waals surface area contributed by atoms with E-state index in [1.165, 1.54) is 18.1 Å². The lowest BCUT2D eigenvalue weighted by molar-refractivity contribution is -0.133. The number of hydrogen-bond acceptors (Lipinski definition) is 5. The number of rotatable bonds is 7. The Labute approximate surface area is 168 Å². The van der Waals surface area contributed by atoms with E-state index in [1.807, 2.05) is 4.90 Å². The number of alkyl halides is 2. The van der Waals surface area contributed by atoms with Crippen molar-refractivity contribution >= 4 is 11.9 Å². The van der Waals surface area contributed by atoms with Crippen LogP contribution in [0.3, 0.4) is 0 Å². The van der Waals surface area contributed by atoms with Crippen molar-refractivity contribution in [1.82, 2.24) is 15.1 Å². The van der Waals surface area contributed by atoms with Crippen LogP contribution >= 0.6 is 0 Å². The molecule has 1 heterocycles. The Morgan fingerprint density at radius 2 is 1.86 bits per heavy atom. The maximum Gasteiger partial charge on any atom is 0.387 e. The highest BCUT2D eigenvalue weighted by Gasteiger charge is 2.50.